The van der Waals surface area contributed by atoms with Gasteiger partial charge in [-0.1, -0.05) is 39.3 Å². The molecule has 0 aliphatic carbocycles. The number of carbonyl (C=O) groups is 1. The third-order valence-corrected chi connectivity index (χ3v) is 4.11. The van der Waals surface area contributed by atoms with E-state index in [1.54, 1.807) is 6.92 Å². The van der Waals surface area contributed by atoms with E-state index in [0.29, 0.717) is 24.0 Å². The topological polar surface area (TPSA) is 57.5 Å². The third kappa shape index (κ3) is 8.54. The summed E-state index contributed by atoms with van der Waals surface area (Å²) >= 11 is 0. The maximum Gasteiger partial charge on any atom is 0.311 e. The molecule has 0 saturated heterocycles. The lowest BCUT2D eigenvalue weighted by Crippen LogP contribution is -2.56. The lowest BCUT2D eigenvalue weighted by Gasteiger charge is -2.41. The molecule has 4 heteroatoms. The summed E-state index contributed by atoms with van der Waals surface area (Å²) in [6.07, 6.45) is 8.62. The van der Waals surface area contributed by atoms with E-state index in [4.69, 9.17) is 0 Å². The first-order valence-electron chi connectivity index (χ1n) is 8.81. The lowest BCUT2D eigenvalue weighted by atomic mass is 10.1. The molecule has 0 aromatic rings. The maximum atomic E-state index is 11.2. The van der Waals surface area contributed by atoms with Crippen molar-refractivity contribution in [2.45, 2.75) is 65.9 Å². The summed E-state index contributed by atoms with van der Waals surface area (Å²) in [4.78, 5) is 11.2. The van der Waals surface area contributed by atoms with Crippen molar-refractivity contribution in [2.75, 3.05) is 26.2 Å². The average Bonchev–Trinajstić information content (AvgIpc) is 2.44. The molecular formula is C18H36NO3+. The largest absolute Gasteiger partial charge is 0.481 e. The summed E-state index contributed by atoms with van der Waals surface area (Å²) in [5, 5.41) is 19.6. The molecule has 0 aromatic carbocycles. The van der Waals surface area contributed by atoms with Gasteiger partial charge in [0, 0.05) is 0 Å². The second kappa shape index (κ2) is 11.7. The highest BCUT2D eigenvalue weighted by Crippen LogP contribution is 2.17. The van der Waals surface area contributed by atoms with Gasteiger partial charge in [-0.2, -0.15) is 0 Å². The van der Waals surface area contributed by atoms with Crippen molar-refractivity contribution in [3.63, 3.8) is 0 Å². The van der Waals surface area contributed by atoms with Gasteiger partial charge in [-0.3, -0.25) is 4.79 Å². The molecule has 0 aliphatic heterocycles. The number of carboxylic acid groups (broad SMARTS) is 1. The molecule has 2 N–H and O–H groups in total. The Labute approximate surface area is 136 Å². The Balaban J connectivity index is 4.84. The van der Waals surface area contributed by atoms with Gasteiger partial charge in [0.25, 0.3) is 0 Å². The van der Waals surface area contributed by atoms with Gasteiger partial charge in [0.15, 0.2) is 0 Å². The number of hydrogen-bond donors (Lipinski definition) is 2. The van der Waals surface area contributed by atoms with Crippen LogP contribution in [-0.2, 0) is 4.79 Å². The molecule has 0 radical (unpaired) electrons. The number of nitrogens with zero attached hydrogens (tertiary/aromatic N) is 1. The minimum Gasteiger partial charge on any atom is -0.481 e. The van der Waals surface area contributed by atoms with Crippen LogP contribution in [0.15, 0.2) is 12.2 Å². The number of aliphatic carboxylic acids is 1. The summed E-state index contributed by atoms with van der Waals surface area (Å²) in [5.74, 6) is -1.12. The van der Waals surface area contributed by atoms with Crippen molar-refractivity contribution in [1.82, 2.24) is 0 Å². The van der Waals surface area contributed by atoms with E-state index in [9.17, 15) is 15.0 Å². The van der Waals surface area contributed by atoms with E-state index in [0.717, 1.165) is 38.8 Å². The van der Waals surface area contributed by atoms with E-state index in [1.807, 2.05) is 0 Å². The fourth-order valence-electron chi connectivity index (χ4n) is 3.22. The molecule has 0 heterocycles. The summed E-state index contributed by atoms with van der Waals surface area (Å²) in [6.45, 7) is 11.3. The molecule has 0 saturated carbocycles. The standard InChI is InChI=1S/C18H35NO3/c1-5-8-9-10-11-17(20)15-19(12-6-2,13-7-3)14-16(4)18(21)22/h9-10,16-17,20H,5-8,11-15H2,1-4H3/p+1/b10-9+. The Morgan fingerprint density at radius 2 is 1.64 bits per heavy atom. The molecule has 0 fully saturated rings. The Bertz CT molecular complexity index is 322. The first kappa shape index (κ1) is 21.1. The normalized spacial score (nSPS) is 15.1. The van der Waals surface area contributed by atoms with Crippen LogP contribution < -0.4 is 0 Å². The van der Waals surface area contributed by atoms with Crippen molar-refractivity contribution in [1.29, 1.82) is 0 Å². The minimum absolute atomic E-state index is 0.374. The van der Waals surface area contributed by atoms with Crippen molar-refractivity contribution < 1.29 is 19.5 Å². The molecule has 0 rings (SSSR count). The summed E-state index contributed by atoms with van der Waals surface area (Å²) < 4.78 is 0.712. The van der Waals surface area contributed by atoms with Crippen molar-refractivity contribution in [3.8, 4) is 0 Å². The van der Waals surface area contributed by atoms with Crippen molar-refractivity contribution in [3.05, 3.63) is 12.2 Å². The number of aliphatic hydroxyl groups excluding tert-OH is 1. The van der Waals surface area contributed by atoms with E-state index in [1.165, 1.54) is 0 Å². The van der Waals surface area contributed by atoms with E-state index >= 15 is 0 Å². The fourth-order valence-corrected chi connectivity index (χ4v) is 3.22. The van der Waals surface area contributed by atoms with Gasteiger partial charge in [-0.15, -0.1) is 0 Å². The molecule has 0 spiro atoms. The van der Waals surface area contributed by atoms with Crippen LogP contribution in [0.4, 0.5) is 0 Å². The van der Waals surface area contributed by atoms with Gasteiger partial charge < -0.3 is 14.7 Å². The van der Waals surface area contributed by atoms with Crippen LogP contribution in [0.3, 0.4) is 0 Å². The number of unbranched alkanes of at least 4 members (excludes halogenated alkanes) is 1. The number of quaternary nitrogens is 1. The highest BCUT2D eigenvalue weighted by molar-refractivity contribution is 5.69. The number of carboxylic acids is 1. The van der Waals surface area contributed by atoms with Crippen molar-refractivity contribution >= 4 is 5.97 Å². The van der Waals surface area contributed by atoms with E-state index in [2.05, 4.69) is 32.9 Å². The van der Waals surface area contributed by atoms with Crippen LogP contribution in [-0.4, -0.2) is 52.9 Å². The summed E-state index contributed by atoms with van der Waals surface area (Å²) in [5.41, 5.74) is 0. The second-order valence-corrected chi connectivity index (χ2v) is 6.54. The molecular weight excluding hydrogens is 278 g/mol. The summed E-state index contributed by atoms with van der Waals surface area (Å²) in [7, 11) is 0. The van der Waals surface area contributed by atoms with Gasteiger partial charge in [-0.25, -0.2) is 0 Å². The number of allylic oxidation sites excluding steroid dienone is 1. The van der Waals surface area contributed by atoms with Crippen LogP contribution in [0.5, 0.6) is 0 Å². The van der Waals surface area contributed by atoms with Gasteiger partial charge in [0.2, 0.25) is 0 Å². The second-order valence-electron chi connectivity index (χ2n) is 6.54. The molecule has 4 nitrogen and oxygen atoms in total. The van der Waals surface area contributed by atoms with Gasteiger partial charge in [-0.05, 0) is 32.6 Å². The van der Waals surface area contributed by atoms with Crippen LogP contribution in [0.2, 0.25) is 0 Å². The third-order valence-electron chi connectivity index (χ3n) is 4.11. The molecule has 0 aromatic heterocycles. The number of aliphatic hydroxyl groups is 1. The molecule has 0 amide bonds. The van der Waals surface area contributed by atoms with Crippen LogP contribution in [0, 0.1) is 5.92 Å². The smallest absolute Gasteiger partial charge is 0.311 e. The molecule has 22 heavy (non-hydrogen) atoms. The zero-order valence-electron chi connectivity index (χ0n) is 14.9. The Kier molecular flexibility index (Phi) is 11.2. The predicted molar refractivity (Wildman–Crippen MR) is 91.8 cm³/mol. The average molecular weight is 314 g/mol. The first-order valence-corrected chi connectivity index (χ1v) is 8.81. The first-order chi connectivity index (χ1) is 10.4. The monoisotopic (exact) mass is 314 g/mol. The van der Waals surface area contributed by atoms with E-state index in [-0.39, 0.29) is 5.92 Å². The quantitative estimate of drug-likeness (QED) is 0.404. The highest BCUT2D eigenvalue weighted by atomic mass is 16.4. The Hall–Kier alpha value is -0.870. The maximum absolute atomic E-state index is 11.2. The fraction of sp³-hybridized carbons (Fsp3) is 0.833. The van der Waals surface area contributed by atoms with Gasteiger partial charge >= 0.3 is 5.97 Å². The van der Waals surface area contributed by atoms with E-state index < -0.39 is 12.1 Å². The molecule has 2 unspecified atom stereocenters. The van der Waals surface area contributed by atoms with Crippen molar-refractivity contribution in [2.24, 2.45) is 5.92 Å². The Morgan fingerprint density at radius 3 is 2.09 bits per heavy atom. The zero-order chi connectivity index (χ0) is 17.0. The highest BCUT2D eigenvalue weighted by Gasteiger charge is 2.32. The minimum atomic E-state index is -0.743. The number of rotatable bonds is 13. The van der Waals surface area contributed by atoms with Crippen LogP contribution >= 0.6 is 0 Å². The molecule has 2 atom stereocenters. The molecule has 130 valence electrons. The Morgan fingerprint density at radius 1 is 1.05 bits per heavy atom. The predicted octanol–water partition coefficient (Wildman–Crippen LogP) is 3.45. The zero-order valence-corrected chi connectivity index (χ0v) is 14.9. The number of hydrogen-bond acceptors (Lipinski definition) is 2. The molecule has 0 aliphatic rings. The van der Waals surface area contributed by atoms with Crippen LogP contribution in [0.25, 0.3) is 0 Å². The SMILES string of the molecule is CCC/C=C/CC(O)C[N+](CCC)(CCC)CC(C)C(=O)O. The summed E-state index contributed by atoms with van der Waals surface area (Å²) in [6, 6.07) is 0. The molecule has 0 bridgehead atoms. The van der Waals surface area contributed by atoms with Gasteiger partial charge in [0.05, 0.1) is 19.6 Å². The van der Waals surface area contributed by atoms with Gasteiger partial charge in [0.1, 0.15) is 18.6 Å². The lowest BCUT2D eigenvalue weighted by molar-refractivity contribution is -0.933. The van der Waals surface area contributed by atoms with Crippen LogP contribution in [0.1, 0.15) is 59.8 Å².